The Balaban J connectivity index is 1.57. The van der Waals surface area contributed by atoms with Gasteiger partial charge < -0.3 is 20.5 Å². The molecule has 7 heteroatoms. The molecule has 6 nitrogen and oxygen atoms in total. The molecular formula is C19H19ClN2O4. The first kappa shape index (κ1) is 18.2. The number of benzene rings is 2. The average Bonchev–Trinajstić information content (AvgIpc) is 2.66. The maximum atomic E-state index is 12.0. The lowest BCUT2D eigenvalue weighted by molar-refractivity contribution is -0.140. The Hall–Kier alpha value is -2.57. The summed E-state index contributed by atoms with van der Waals surface area (Å²) in [6, 6.07) is 14.2. The van der Waals surface area contributed by atoms with Gasteiger partial charge in [0.15, 0.2) is 0 Å². The van der Waals surface area contributed by atoms with Crippen LogP contribution in [0.1, 0.15) is 17.5 Å². The van der Waals surface area contributed by atoms with Crippen LogP contribution in [0.5, 0.6) is 5.75 Å². The number of rotatable bonds is 4. The van der Waals surface area contributed by atoms with Crippen molar-refractivity contribution in [1.29, 1.82) is 0 Å². The molecule has 0 bridgehead atoms. The van der Waals surface area contributed by atoms with E-state index < -0.39 is 17.4 Å². The molecule has 1 aliphatic heterocycles. The summed E-state index contributed by atoms with van der Waals surface area (Å²) in [6.45, 7) is 0.403. The third-order valence-electron chi connectivity index (χ3n) is 4.31. The van der Waals surface area contributed by atoms with E-state index in [-0.39, 0.29) is 13.1 Å². The summed E-state index contributed by atoms with van der Waals surface area (Å²) in [4.78, 5) is 24.0. The van der Waals surface area contributed by atoms with E-state index in [2.05, 4.69) is 10.6 Å². The van der Waals surface area contributed by atoms with Crippen molar-refractivity contribution in [2.45, 2.75) is 18.6 Å². The lowest BCUT2D eigenvalue weighted by atomic mass is 9.88. The van der Waals surface area contributed by atoms with Crippen LogP contribution in [0.2, 0.25) is 5.02 Å². The molecule has 1 unspecified atom stereocenters. The van der Waals surface area contributed by atoms with Gasteiger partial charge in [0.1, 0.15) is 11.4 Å². The summed E-state index contributed by atoms with van der Waals surface area (Å²) >= 11 is 6.02. The molecule has 136 valence electrons. The van der Waals surface area contributed by atoms with Crippen molar-refractivity contribution in [2.24, 2.45) is 0 Å². The second-order valence-electron chi connectivity index (χ2n) is 6.08. The molecule has 2 aromatic carbocycles. The number of fused-ring (bicyclic) bond motifs is 1. The predicted octanol–water partition coefficient (Wildman–Crippen LogP) is 1.74. The average molecular weight is 375 g/mol. The van der Waals surface area contributed by atoms with E-state index in [1.165, 1.54) is 0 Å². The summed E-state index contributed by atoms with van der Waals surface area (Å²) < 4.78 is 5.51. The van der Waals surface area contributed by atoms with Crippen molar-refractivity contribution in [3.63, 3.8) is 0 Å². The van der Waals surface area contributed by atoms with Crippen LogP contribution in [0.3, 0.4) is 0 Å². The Kier molecular flexibility index (Phi) is 5.44. The molecule has 0 aromatic heterocycles. The Morgan fingerprint density at radius 3 is 2.58 bits per heavy atom. The summed E-state index contributed by atoms with van der Waals surface area (Å²) in [6.07, 6.45) is 0.325. The molecule has 2 aromatic rings. The molecule has 1 atom stereocenters. The molecule has 0 radical (unpaired) electrons. The Morgan fingerprint density at radius 2 is 1.77 bits per heavy atom. The molecule has 0 saturated heterocycles. The third kappa shape index (κ3) is 3.98. The number of nitrogens with one attached hydrogen (secondary N) is 2. The first-order valence-corrected chi connectivity index (χ1v) is 8.61. The van der Waals surface area contributed by atoms with Gasteiger partial charge in [0.25, 0.3) is 0 Å². The van der Waals surface area contributed by atoms with Crippen molar-refractivity contribution in [3.8, 4) is 5.75 Å². The van der Waals surface area contributed by atoms with Gasteiger partial charge in [-0.2, -0.15) is 0 Å². The van der Waals surface area contributed by atoms with E-state index in [1.807, 2.05) is 6.07 Å². The van der Waals surface area contributed by atoms with Crippen molar-refractivity contribution < 1.29 is 19.4 Å². The van der Waals surface area contributed by atoms with Crippen LogP contribution in [-0.2, 0) is 21.7 Å². The summed E-state index contributed by atoms with van der Waals surface area (Å²) in [5.41, 5.74) is 0.0448. The standard InChI is InChI=1S/C19H19ClN2O4/c20-15-7-3-1-5-13(15)11-21-17(23)18(24)22-12-19(25)9-10-26-16-8-4-2-6-14(16)19/h1-8,25H,9-12H2,(H,21,23)(H,22,24). The first-order chi connectivity index (χ1) is 12.5. The van der Waals surface area contributed by atoms with E-state index in [0.717, 1.165) is 0 Å². The van der Waals surface area contributed by atoms with Gasteiger partial charge in [-0.05, 0) is 17.7 Å². The van der Waals surface area contributed by atoms with Gasteiger partial charge in [0, 0.05) is 23.6 Å². The van der Waals surface area contributed by atoms with Gasteiger partial charge in [-0.3, -0.25) is 9.59 Å². The molecular weight excluding hydrogens is 356 g/mol. The SMILES string of the molecule is O=C(NCc1ccccc1Cl)C(=O)NCC1(O)CCOc2ccccc21. The van der Waals surface area contributed by atoms with E-state index >= 15 is 0 Å². The highest BCUT2D eigenvalue weighted by atomic mass is 35.5. The molecule has 0 spiro atoms. The molecule has 3 N–H and O–H groups in total. The maximum Gasteiger partial charge on any atom is 0.309 e. The van der Waals surface area contributed by atoms with Gasteiger partial charge in [-0.25, -0.2) is 0 Å². The largest absolute Gasteiger partial charge is 0.493 e. The van der Waals surface area contributed by atoms with Crippen molar-refractivity contribution in [3.05, 3.63) is 64.7 Å². The summed E-state index contributed by atoms with van der Waals surface area (Å²) in [5.74, 6) is -1.01. The van der Waals surface area contributed by atoms with E-state index in [0.29, 0.717) is 34.9 Å². The predicted molar refractivity (Wildman–Crippen MR) is 96.8 cm³/mol. The van der Waals surface area contributed by atoms with Crippen LogP contribution in [-0.4, -0.2) is 30.1 Å². The maximum absolute atomic E-state index is 12.0. The van der Waals surface area contributed by atoms with Gasteiger partial charge in [-0.1, -0.05) is 48.0 Å². The molecule has 0 fully saturated rings. The van der Waals surface area contributed by atoms with Crippen LogP contribution < -0.4 is 15.4 Å². The normalized spacial score (nSPS) is 18.4. The Bertz CT molecular complexity index is 827. The Labute approximate surface area is 156 Å². The second-order valence-corrected chi connectivity index (χ2v) is 6.49. The number of hydrogen-bond acceptors (Lipinski definition) is 4. The number of para-hydroxylation sites is 1. The smallest absolute Gasteiger partial charge is 0.309 e. The van der Waals surface area contributed by atoms with Gasteiger partial charge in [0.2, 0.25) is 0 Å². The minimum absolute atomic E-state index is 0.0777. The van der Waals surface area contributed by atoms with E-state index in [1.54, 1.807) is 42.5 Å². The Morgan fingerprint density at radius 1 is 1.08 bits per heavy atom. The number of ether oxygens (including phenoxy) is 1. The fourth-order valence-electron chi connectivity index (χ4n) is 2.83. The number of carbonyl (C=O) groups excluding carboxylic acids is 2. The highest BCUT2D eigenvalue weighted by molar-refractivity contribution is 6.35. The third-order valence-corrected chi connectivity index (χ3v) is 4.68. The molecule has 2 amide bonds. The zero-order valence-electron chi connectivity index (χ0n) is 14.0. The van der Waals surface area contributed by atoms with Gasteiger partial charge in [0.05, 0.1) is 13.2 Å². The number of halogens is 1. The lowest BCUT2D eigenvalue weighted by Crippen LogP contribution is -2.47. The number of hydrogen-bond donors (Lipinski definition) is 3. The zero-order valence-corrected chi connectivity index (χ0v) is 14.8. The fourth-order valence-corrected chi connectivity index (χ4v) is 3.03. The van der Waals surface area contributed by atoms with Crippen LogP contribution in [0, 0.1) is 0 Å². The van der Waals surface area contributed by atoms with Crippen LogP contribution in [0.25, 0.3) is 0 Å². The van der Waals surface area contributed by atoms with Gasteiger partial charge >= 0.3 is 11.8 Å². The van der Waals surface area contributed by atoms with Gasteiger partial charge in [-0.15, -0.1) is 0 Å². The monoisotopic (exact) mass is 374 g/mol. The molecule has 26 heavy (non-hydrogen) atoms. The number of carbonyl (C=O) groups is 2. The van der Waals surface area contributed by atoms with Crippen LogP contribution >= 0.6 is 11.6 Å². The van der Waals surface area contributed by atoms with E-state index in [4.69, 9.17) is 16.3 Å². The molecule has 1 aliphatic rings. The minimum Gasteiger partial charge on any atom is -0.493 e. The van der Waals surface area contributed by atoms with Crippen LogP contribution in [0.15, 0.2) is 48.5 Å². The minimum atomic E-state index is -1.27. The van der Waals surface area contributed by atoms with Crippen molar-refractivity contribution in [2.75, 3.05) is 13.2 Å². The van der Waals surface area contributed by atoms with E-state index in [9.17, 15) is 14.7 Å². The highest BCUT2D eigenvalue weighted by Crippen LogP contribution is 2.36. The zero-order chi connectivity index (χ0) is 18.6. The number of amides is 2. The lowest BCUT2D eigenvalue weighted by Gasteiger charge is -2.34. The molecule has 3 rings (SSSR count). The van der Waals surface area contributed by atoms with Crippen molar-refractivity contribution in [1.82, 2.24) is 10.6 Å². The first-order valence-electron chi connectivity index (χ1n) is 8.24. The topological polar surface area (TPSA) is 87.7 Å². The number of aliphatic hydroxyl groups is 1. The quantitative estimate of drug-likeness (QED) is 0.711. The van der Waals surface area contributed by atoms with Crippen molar-refractivity contribution >= 4 is 23.4 Å². The molecule has 0 saturated carbocycles. The molecule has 1 heterocycles. The molecule has 0 aliphatic carbocycles. The fraction of sp³-hybridized carbons (Fsp3) is 0.263. The highest BCUT2D eigenvalue weighted by Gasteiger charge is 2.36. The van der Waals surface area contributed by atoms with Crippen LogP contribution in [0.4, 0.5) is 0 Å². The summed E-state index contributed by atoms with van der Waals surface area (Å²) in [7, 11) is 0. The summed E-state index contributed by atoms with van der Waals surface area (Å²) in [5, 5.41) is 16.4. The second kappa shape index (κ2) is 7.76.